The molecule has 7 nitrogen and oxygen atoms in total. The molecule has 102 valence electrons. The number of nitrogens with zero attached hydrogens (tertiary/aromatic N) is 2. The zero-order valence-corrected chi connectivity index (χ0v) is 10.4. The minimum absolute atomic E-state index is 0.0458. The first-order valence-corrected chi connectivity index (χ1v) is 6.43. The molecule has 0 aromatic carbocycles. The van der Waals surface area contributed by atoms with Crippen molar-refractivity contribution < 1.29 is 14.1 Å². The van der Waals surface area contributed by atoms with Crippen LogP contribution >= 0.6 is 0 Å². The summed E-state index contributed by atoms with van der Waals surface area (Å²) in [7, 11) is 0. The van der Waals surface area contributed by atoms with Gasteiger partial charge in [-0.2, -0.15) is 0 Å². The summed E-state index contributed by atoms with van der Waals surface area (Å²) in [5.74, 6) is -0.607. The lowest BCUT2D eigenvalue weighted by Crippen LogP contribution is -2.38. The van der Waals surface area contributed by atoms with E-state index in [2.05, 4.69) is 5.32 Å². The average molecular weight is 265 g/mol. The molecule has 3 rings (SSSR count). The van der Waals surface area contributed by atoms with E-state index in [-0.39, 0.29) is 11.7 Å². The molecule has 0 spiro atoms. The molecule has 2 bridgehead atoms. The molecule has 1 N–H and O–H groups in total. The second-order valence-corrected chi connectivity index (χ2v) is 5.07. The molecule has 1 aromatic rings. The molecular formula is C12H15N3O4. The van der Waals surface area contributed by atoms with E-state index >= 15 is 0 Å². The van der Waals surface area contributed by atoms with Gasteiger partial charge in [-0.25, -0.2) is 0 Å². The number of nitro groups is 1. The van der Waals surface area contributed by atoms with Crippen LogP contribution in [-0.4, -0.2) is 40.9 Å². The fourth-order valence-corrected chi connectivity index (χ4v) is 2.82. The number of hydrogen-bond acceptors (Lipinski definition) is 5. The summed E-state index contributed by atoms with van der Waals surface area (Å²) in [5.41, 5.74) is 0. The van der Waals surface area contributed by atoms with Crippen molar-refractivity contribution in [2.24, 2.45) is 0 Å². The number of furan rings is 1. The third-order valence-electron chi connectivity index (χ3n) is 3.79. The third kappa shape index (κ3) is 2.33. The molecule has 0 radical (unpaired) electrons. The molecule has 1 amide bonds. The van der Waals surface area contributed by atoms with Crippen molar-refractivity contribution in [1.82, 2.24) is 10.2 Å². The van der Waals surface area contributed by atoms with Gasteiger partial charge in [-0.15, -0.1) is 0 Å². The fraction of sp³-hybridized carbons (Fsp3) is 0.583. The minimum Gasteiger partial charge on any atom is -0.395 e. The Morgan fingerprint density at radius 1 is 1.37 bits per heavy atom. The Morgan fingerprint density at radius 2 is 2.16 bits per heavy atom. The van der Waals surface area contributed by atoms with Crippen LogP contribution in [0.1, 0.15) is 29.8 Å². The quantitative estimate of drug-likeness (QED) is 0.640. The van der Waals surface area contributed by atoms with E-state index in [0.29, 0.717) is 25.2 Å². The molecule has 2 atom stereocenters. The first kappa shape index (κ1) is 12.2. The Labute approximate surface area is 109 Å². The Bertz CT molecular complexity index is 513. The second kappa shape index (κ2) is 4.65. The minimum atomic E-state index is -0.636. The Balaban J connectivity index is 1.73. The molecule has 2 unspecified atom stereocenters. The van der Waals surface area contributed by atoms with Gasteiger partial charge in [-0.3, -0.25) is 14.9 Å². The lowest BCUT2D eigenvalue weighted by Gasteiger charge is -2.23. The van der Waals surface area contributed by atoms with Crippen LogP contribution in [0.25, 0.3) is 0 Å². The first-order valence-electron chi connectivity index (χ1n) is 6.43. The smallest absolute Gasteiger partial charge is 0.395 e. The Hall–Kier alpha value is -1.89. The summed E-state index contributed by atoms with van der Waals surface area (Å²) in [5, 5.41) is 14.0. The molecule has 2 fully saturated rings. The zero-order valence-electron chi connectivity index (χ0n) is 10.4. The molecule has 1 aromatic heterocycles. The number of hydrogen-bond donors (Lipinski definition) is 1. The molecular weight excluding hydrogens is 250 g/mol. The van der Waals surface area contributed by atoms with Crippen molar-refractivity contribution in [2.45, 2.75) is 31.3 Å². The molecule has 0 aliphatic carbocycles. The summed E-state index contributed by atoms with van der Waals surface area (Å²) in [6.45, 7) is 1.31. The van der Waals surface area contributed by atoms with Gasteiger partial charge in [0.1, 0.15) is 4.92 Å². The summed E-state index contributed by atoms with van der Waals surface area (Å²) >= 11 is 0. The number of amides is 1. The van der Waals surface area contributed by atoms with Crippen LogP contribution in [0.4, 0.5) is 5.88 Å². The van der Waals surface area contributed by atoms with Crippen LogP contribution < -0.4 is 5.32 Å². The van der Waals surface area contributed by atoms with Crippen molar-refractivity contribution in [3.05, 3.63) is 28.0 Å². The van der Waals surface area contributed by atoms with Gasteiger partial charge >= 0.3 is 5.88 Å². The highest BCUT2D eigenvalue weighted by atomic mass is 16.6. The van der Waals surface area contributed by atoms with Crippen LogP contribution in [0.5, 0.6) is 0 Å². The van der Waals surface area contributed by atoms with Gasteiger partial charge < -0.3 is 14.6 Å². The van der Waals surface area contributed by atoms with Gasteiger partial charge in [-0.05, 0) is 25.3 Å². The third-order valence-corrected chi connectivity index (χ3v) is 3.79. The normalized spacial score (nSPS) is 26.2. The van der Waals surface area contributed by atoms with Gasteiger partial charge in [0.15, 0.2) is 5.76 Å². The molecule has 2 aliphatic rings. The maximum Gasteiger partial charge on any atom is 0.433 e. The van der Waals surface area contributed by atoms with Gasteiger partial charge in [0.25, 0.3) is 5.91 Å². The number of carbonyl (C=O) groups excluding carboxylic acids is 1. The first-order chi connectivity index (χ1) is 9.13. The maximum atomic E-state index is 12.2. The summed E-state index contributed by atoms with van der Waals surface area (Å²) < 4.78 is 4.97. The topological polar surface area (TPSA) is 88.6 Å². The predicted octanol–water partition coefficient (Wildman–Crippen LogP) is 1.15. The molecule has 7 heteroatoms. The van der Waals surface area contributed by atoms with Crippen molar-refractivity contribution in [2.75, 3.05) is 13.1 Å². The predicted molar refractivity (Wildman–Crippen MR) is 65.8 cm³/mol. The van der Waals surface area contributed by atoms with E-state index in [9.17, 15) is 14.9 Å². The van der Waals surface area contributed by atoms with Crippen LogP contribution in [0.15, 0.2) is 16.5 Å². The monoisotopic (exact) mass is 265 g/mol. The molecule has 3 heterocycles. The van der Waals surface area contributed by atoms with Crippen molar-refractivity contribution in [3.8, 4) is 0 Å². The lowest BCUT2D eigenvalue weighted by atomic mass is 10.1. The Kier molecular flexibility index (Phi) is 2.98. The average Bonchev–Trinajstić information content (AvgIpc) is 2.95. The van der Waals surface area contributed by atoms with E-state index < -0.39 is 10.8 Å². The van der Waals surface area contributed by atoms with E-state index in [0.717, 1.165) is 12.8 Å². The number of rotatable bonds is 2. The summed E-state index contributed by atoms with van der Waals surface area (Å²) in [6, 6.07) is 3.42. The number of nitrogens with one attached hydrogen (secondary N) is 1. The Morgan fingerprint density at radius 3 is 2.89 bits per heavy atom. The zero-order chi connectivity index (χ0) is 13.4. The van der Waals surface area contributed by atoms with Gasteiger partial charge in [0, 0.05) is 25.2 Å². The van der Waals surface area contributed by atoms with E-state index in [1.165, 1.54) is 18.6 Å². The van der Waals surface area contributed by atoms with Crippen molar-refractivity contribution in [3.63, 3.8) is 0 Å². The van der Waals surface area contributed by atoms with Crippen LogP contribution in [0, 0.1) is 10.1 Å². The highest BCUT2D eigenvalue weighted by Gasteiger charge is 2.32. The fourth-order valence-electron chi connectivity index (χ4n) is 2.82. The highest BCUT2D eigenvalue weighted by Crippen LogP contribution is 2.23. The number of fused-ring (bicyclic) bond motifs is 2. The molecule has 2 saturated heterocycles. The van der Waals surface area contributed by atoms with E-state index in [1.807, 2.05) is 0 Å². The van der Waals surface area contributed by atoms with Crippen molar-refractivity contribution >= 4 is 11.8 Å². The highest BCUT2D eigenvalue weighted by molar-refractivity contribution is 5.91. The maximum absolute atomic E-state index is 12.2. The molecule has 2 aliphatic heterocycles. The largest absolute Gasteiger partial charge is 0.433 e. The van der Waals surface area contributed by atoms with Crippen LogP contribution in [0.2, 0.25) is 0 Å². The van der Waals surface area contributed by atoms with Crippen LogP contribution in [0.3, 0.4) is 0 Å². The standard InChI is InChI=1S/C12H15N3O4/c16-12(10-3-4-11(19-10)15(17)18)14-6-5-8-1-2-9(7-14)13-8/h3-4,8-9,13H,1-2,5-7H2. The van der Waals surface area contributed by atoms with Crippen LogP contribution in [-0.2, 0) is 0 Å². The lowest BCUT2D eigenvalue weighted by molar-refractivity contribution is -0.402. The van der Waals surface area contributed by atoms with Crippen molar-refractivity contribution in [1.29, 1.82) is 0 Å². The van der Waals surface area contributed by atoms with E-state index in [4.69, 9.17) is 4.42 Å². The molecule has 19 heavy (non-hydrogen) atoms. The molecule has 0 saturated carbocycles. The summed E-state index contributed by atoms with van der Waals surface area (Å²) in [4.78, 5) is 23.9. The van der Waals surface area contributed by atoms with Gasteiger partial charge in [0.2, 0.25) is 0 Å². The summed E-state index contributed by atoms with van der Waals surface area (Å²) in [6.07, 6.45) is 3.16. The van der Waals surface area contributed by atoms with E-state index in [1.54, 1.807) is 4.90 Å². The van der Waals surface area contributed by atoms with Gasteiger partial charge in [-0.1, -0.05) is 0 Å². The van der Waals surface area contributed by atoms with Gasteiger partial charge in [0.05, 0.1) is 6.07 Å². The SMILES string of the molecule is O=C(c1ccc([N+](=O)[O-])o1)N1CCC2CCC(C1)N2. The number of likely N-dealkylation sites (tertiary alicyclic amines) is 1. The number of carbonyl (C=O) groups is 1. The second-order valence-electron chi connectivity index (χ2n) is 5.07.